The van der Waals surface area contributed by atoms with E-state index in [0.717, 1.165) is 12.0 Å². The second-order valence-corrected chi connectivity index (χ2v) is 4.91. The Balaban J connectivity index is 2.31. The summed E-state index contributed by atoms with van der Waals surface area (Å²) in [6, 6.07) is 1.43. The van der Waals surface area contributed by atoms with Gasteiger partial charge in [-0.15, -0.1) is 0 Å². The molecule has 1 rings (SSSR count). The molecule has 1 heterocycles. The van der Waals surface area contributed by atoms with E-state index in [-0.39, 0.29) is 0 Å². The summed E-state index contributed by atoms with van der Waals surface area (Å²) >= 11 is 0. The van der Waals surface area contributed by atoms with Gasteiger partial charge in [-0.2, -0.15) is 0 Å². The first kappa shape index (κ1) is 13.0. The van der Waals surface area contributed by atoms with Crippen molar-refractivity contribution in [3.8, 4) is 0 Å². The molecule has 2 nitrogen and oxygen atoms in total. The molecule has 2 unspecified atom stereocenters. The van der Waals surface area contributed by atoms with Crippen LogP contribution in [-0.2, 0) is 0 Å². The van der Waals surface area contributed by atoms with E-state index in [2.05, 4.69) is 31.4 Å². The molecule has 0 saturated carbocycles. The maximum Gasteiger partial charge on any atom is 0.00822 e. The molecule has 1 saturated heterocycles. The van der Waals surface area contributed by atoms with Gasteiger partial charge in [0.05, 0.1) is 0 Å². The van der Waals surface area contributed by atoms with Crippen LogP contribution in [0.2, 0.25) is 0 Å². The molecule has 1 aliphatic rings. The van der Waals surface area contributed by atoms with Gasteiger partial charge in [-0.25, -0.2) is 0 Å². The summed E-state index contributed by atoms with van der Waals surface area (Å²) in [4.78, 5) is 0. The van der Waals surface area contributed by atoms with Crippen LogP contribution in [-0.4, -0.2) is 25.2 Å². The molecule has 0 aromatic rings. The highest BCUT2D eigenvalue weighted by atomic mass is 15.0. The van der Waals surface area contributed by atoms with Gasteiger partial charge in [-0.3, -0.25) is 0 Å². The van der Waals surface area contributed by atoms with Gasteiger partial charge in [0.2, 0.25) is 0 Å². The van der Waals surface area contributed by atoms with Crippen LogP contribution < -0.4 is 10.6 Å². The van der Waals surface area contributed by atoms with Crippen LogP contribution in [0.25, 0.3) is 0 Å². The quantitative estimate of drug-likeness (QED) is 0.732. The zero-order valence-corrected chi connectivity index (χ0v) is 10.7. The van der Waals surface area contributed by atoms with Crippen molar-refractivity contribution in [1.82, 2.24) is 10.6 Å². The highest BCUT2D eigenvalue weighted by Gasteiger charge is 2.18. The first-order chi connectivity index (χ1) is 7.27. The van der Waals surface area contributed by atoms with E-state index in [1.54, 1.807) is 0 Å². The zero-order valence-electron chi connectivity index (χ0n) is 10.7. The summed E-state index contributed by atoms with van der Waals surface area (Å²) in [5, 5.41) is 7.29. The molecular formula is C13H28N2. The van der Waals surface area contributed by atoms with E-state index < -0.39 is 0 Å². The normalized spacial score (nSPS) is 25.2. The average Bonchev–Trinajstić information content (AvgIpc) is 2.48. The van der Waals surface area contributed by atoms with Gasteiger partial charge >= 0.3 is 0 Å². The van der Waals surface area contributed by atoms with Gasteiger partial charge in [-0.1, -0.05) is 26.7 Å². The fourth-order valence-electron chi connectivity index (χ4n) is 2.69. The van der Waals surface area contributed by atoms with Crippen LogP contribution in [0.5, 0.6) is 0 Å². The van der Waals surface area contributed by atoms with Gasteiger partial charge in [0.25, 0.3) is 0 Å². The van der Waals surface area contributed by atoms with Crippen molar-refractivity contribution >= 4 is 0 Å². The van der Waals surface area contributed by atoms with Crippen LogP contribution >= 0.6 is 0 Å². The van der Waals surface area contributed by atoms with Crippen molar-refractivity contribution in [2.45, 2.75) is 65.0 Å². The first-order valence-corrected chi connectivity index (χ1v) is 6.74. The summed E-state index contributed by atoms with van der Waals surface area (Å²) in [5.41, 5.74) is 0. The Bertz CT molecular complexity index is 147. The predicted octanol–water partition coefficient (Wildman–Crippen LogP) is 2.54. The van der Waals surface area contributed by atoms with Crippen LogP contribution in [0.1, 0.15) is 52.9 Å². The minimum atomic E-state index is 0.683. The van der Waals surface area contributed by atoms with E-state index in [1.807, 2.05) is 0 Å². The molecule has 0 aromatic heterocycles. The van der Waals surface area contributed by atoms with Crippen molar-refractivity contribution in [3.63, 3.8) is 0 Å². The third kappa shape index (κ3) is 4.52. The topological polar surface area (TPSA) is 24.1 Å². The van der Waals surface area contributed by atoms with Crippen LogP contribution in [0, 0.1) is 5.92 Å². The van der Waals surface area contributed by atoms with Gasteiger partial charge < -0.3 is 10.6 Å². The molecular weight excluding hydrogens is 184 g/mol. The Kier molecular flexibility index (Phi) is 6.26. The highest BCUT2D eigenvalue weighted by Crippen LogP contribution is 2.15. The fourth-order valence-corrected chi connectivity index (χ4v) is 2.69. The first-order valence-electron chi connectivity index (χ1n) is 6.74. The molecule has 1 aliphatic heterocycles. The summed E-state index contributed by atoms with van der Waals surface area (Å²) in [6.07, 6.45) is 6.57. The van der Waals surface area contributed by atoms with Gasteiger partial charge in [0.1, 0.15) is 0 Å². The lowest BCUT2D eigenvalue weighted by atomic mass is 9.94. The predicted molar refractivity (Wildman–Crippen MR) is 67.2 cm³/mol. The number of hydrogen-bond donors (Lipinski definition) is 2. The third-order valence-corrected chi connectivity index (χ3v) is 3.83. The molecule has 0 aromatic carbocycles. The Labute approximate surface area is 95.2 Å². The Morgan fingerprint density at radius 2 is 1.93 bits per heavy atom. The summed E-state index contributed by atoms with van der Waals surface area (Å²) < 4.78 is 0. The Morgan fingerprint density at radius 1 is 1.20 bits per heavy atom. The largest absolute Gasteiger partial charge is 0.317 e. The van der Waals surface area contributed by atoms with Gasteiger partial charge in [0.15, 0.2) is 0 Å². The molecule has 2 atom stereocenters. The monoisotopic (exact) mass is 212 g/mol. The van der Waals surface area contributed by atoms with Gasteiger partial charge in [0, 0.05) is 12.1 Å². The van der Waals surface area contributed by atoms with E-state index in [0.29, 0.717) is 6.04 Å². The van der Waals surface area contributed by atoms with E-state index in [4.69, 9.17) is 0 Å². The Morgan fingerprint density at radius 3 is 2.60 bits per heavy atom. The Hall–Kier alpha value is -0.0800. The van der Waals surface area contributed by atoms with Crippen LogP contribution in [0.3, 0.4) is 0 Å². The minimum absolute atomic E-state index is 0.683. The smallest absolute Gasteiger partial charge is 0.00822 e. The molecule has 15 heavy (non-hydrogen) atoms. The molecule has 0 spiro atoms. The highest BCUT2D eigenvalue weighted by molar-refractivity contribution is 4.78. The SMILES string of the molecule is CCC(CC)C(C)NC1CCCNCC1. The summed E-state index contributed by atoms with van der Waals surface area (Å²) in [5.74, 6) is 0.848. The second-order valence-electron chi connectivity index (χ2n) is 4.91. The maximum absolute atomic E-state index is 3.82. The number of nitrogens with one attached hydrogen (secondary N) is 2. The minimum Gasteiger partial charge on any atom is -0.317 e. The number of rotatable bonds is 5. The molecule has 1 fully saturated rings. The average molecular weight is 212 g/mol. The molecule has 2 heteroatoms. The van der Waals surface area contributed by atoms with Crippen LogP contribution in [0.4, 0.5) is 0 Å². The number of hydrogen-bond acceptors (Lipinski definition) is 2. The maximum atomic E-state index is 3.82. The van der Waals surface area contributed by atoms with Crippen molar-refractivity contribution in [3.05, 3.63) is 0 Å². The molecule has 90 valence electrons. The lowest BCUT2D eigenvalue weighted by Crippen LogP contribution is -2.41. The lowest BCUT2D eigenvalue weighted by molar-refractivity contribution is 0.309. The lowest BCUT2D eigenvalue weighted by Gasteiger charge is -2.27. The van der Waals surface area contributed by atoms with E-state index >= 15 is 0 Å². The van der Waals surface area contributed by atoms with Crippen LogP contribution in [0.15, 0.2) is 0 Å². The third-order valence-electron chi connectivity index (χ3n) is 3.83. The standard InChI is InChI=1S/C13H28N2/c1-4-12(5-2)11(3)15-13-7-6-9-14-10-8-13/h11-15H,4-10H2,1-3H3. The second kappa shape index (κ2) is 7.24. The molecule has 2 N–H and O–H groups in total. The van der Waals surface area contributed by atoms with Crippen molar-refractivity contribution in [2.75, 3.05) is 13.1 Å². The summed E-state index contributed by atoms with van der Waals surface area (Å²) in [6.45, 7) is 9.36. The van der Waals surface area contributed by atoms with Crippen molar-refractivity contribution in [1.29, 1.82) is 0 Å². The van der Waals surface area contributed by atoms with E-state index in [9.17, 15) is 0 Å². The fraction of sp³-hybridized carbons (Fsp3) is 1.00. The molecule has 0 bridgehead atoms. The molecule has 0 amide bonds. The van der Waals surface area contributed by atoms with Crippen molar-refractivity contribution in [2.24, 2.45) is 5.92 Å². The molecule has 0 aliphatic carbocycles. The molecule has 0 radical (unpaired) electrons. The van der Waals surface area contributed by atoms with E-state index in [1.165, 1.54) is 45.2 Å². The summed E-state index contributed by atoms with van der Waals surface area (Å²) in [7, 11) is 0. The van der Waals surface area contributed by atoms with Crippen molar-refractivity contribution < 1.29 is 0 Å². The zero-order chi connectivity index (χ0) is 11.1. The van der Waals surface area contributed by atoms with Gasteiger partial charge in [-0.05, 0) is 45.2 Å².